The molecule has 2 aromatic carbocycles. The van der Waals surface area contributed by atoms with E-state index in [1.54, 1.807) is 6.92 Å². The summed E-state index contributed by atoms with van der Waals surface area (Å²) in [5.41, 5.74) is 1.79. The van der Waals surface area contributed by atoms with Crippen molar-refractivity contribution < 1.29 is 18.0 Å². The topological polar surface area (TPSA) is 86.8 Å². The predicted molar refractivity (Wildman–Crippen MR) is 143 cm³/mol. The first kappa shape index (κ1) is 29.2. The molecule has 0 aliphatic heterocycles. The van der Waals surface area contributed by atoms with E-state index in [0.29, 0.717) is 6.54 Å². The highest BCUT2D eigenvalue weighted by Crippen LogP contribution is 2.35. The first-order valence-corrected chi connectivity index (χ1v) is 13.9. The number of halogens is 3. The van der Waals surface area contributed by atoms with Crippen LogP contribution < -0.4 is 9.62 Å². The van der Waals surface area contributed by atoms with Crippen LogP contribution in [0.3, 0.4) is 0 Å². The van der Waals surface area contributed by atoms with Crippen LogP contribution in [0.2, 0.25) is 15.1 Å². The van der Waals surface area contributed by atoms with Crippen molar-refractivity contribution in [1.82, 2.24) is 10.2 Å². The van der Waals surface area contributed by atoms with Gasteiger partial charge in [-0.2, -0.15) is 0 Å². The van der Waals surface area contributed by atoms with E-state index < -0.39 is 28.5 Å². The molecule has 1 N–H and O–H groups in total. The van der Waals surface area contributed by atoms with Crippen LogP contribution in [0.15, 0.2) is 36.4 Å². The lowest BCUT2D eigenvalue weighted by atomic mass is 10.1. The number of sulfonamides is 1. The second kappa shape index (κ2) is 12.3. The molecule has 0 bridgehead atoms. The van der Waals surface area contributed by atoms with Crippen molar-refractivity contribution in [2.24, 2.45) is 5.92 Å². The zero-order valence-electron chi connectivity index (χ0n) is 20.3. The van der Waals surface area contributed by atoms with Gasteiger partial charge in [0.2, 0.25) is 21.8 Å². The Balaban J connectivity index is 2.45. The molecule has 0 saturated heterocycles. The summed E-state index contributed by atoms with van der Waals surface area (Å²) in [6, 6.07) is 9.24. The number of carbonyl (C=O) groups is 2. The Labute approximate surface area is 222 Å². The SMILES string of the molecule is Cc1ccccc1CN(C(=O)CN(c1cc(Cl)c(Cl)cc1Cl)S(C)(=O)=O)C(C)C(=O)NCC(C)C. The van der Waals surface area contributed by atoms with Gasteiger partial charge in [-0.25, -0.2) is 8.42 Å². The Kier molecular flexibility index (Phi) is 10.3. The molecule has 11 heteroatoms. The van der Waals surface area contributed by atoms with E-state index in [2.05, 4.69) is 5.32 Å². The smallest absolute Gasteiger partial charge is 0.244 e. The summed E-state index contributed by atoms with van der Waals surface area (Å²) >= 11 is 18.3. The summed E-state index contributed by atoms with van der Waals surface area (Å²) in [4.78, 5) is 27.8. The summed E-state index contributed by atoms with van der Waals surface area (Å²) < 4.78 is 26.2. The van der Waals surface area contributed by atoms with Crippen LogP contribution in [0.25, 0.3) is 0 Å². The van der Waals surface area contributed by atoms with Gasteiger partial charge in [0.1, 0.15) is 12.6 Å². The molecular weight excluding hydrogens is 533 g/mol. The number of nitrogens with zero attached hydrogens (tertiary/aromatic N) is 2. The second-order valence-electron chi connectivity index (χ2n) is 8.75. The van der Waals surface area contributed by atoms with Gasteiger partial charge >= 0.3 is 0 Å². The van der Waals surface area contributed by atoms with Gasteiger partial charge in [0.25, 0.3) is 0 Å². The van der Waals surface area contributed by atoms with Gasteiger partial charge in [-0.1, -0.05) is 72.9 Å². The van der Waals surface area contributed by atoms with Crippen LogP contribution in [0.1, 0.15) is 31.9 Å². The summed E-state index contributed by atoms with van der Waals surface area (Å²) in [6.45, 7) is 7.43. The average Bonchev–Trinajstić information content (AvgIpc) is 2.76. The molecule has 2 amide bonds. The molecule has 0 aliphatic rings. The Morgan fingerprint density at radius 2 is 1.60 bits per heavy atom. The first-order chi connectivity index (χ1) is 16.2. The van der Waals surface area contributed by atoms with E-state index in [1.807, 2.05) is 45.0 Å². The lowest BCUT2D eigenvalue weighted by molar-refractivity contribution is -0.139. The minimum atomic E-state index is -3.95. The van der Waals surface area contributed by atoms with Crippen molar-refractivity contribution in [2.45, 2.75) is 40.3 Å². The lowest BCUT2D eigenvalue weighted by Gasteiger charge is -2.32. The van der Waals surface area contributed by atoms with E-state index in [9.17, 15) is 18.0 Å². The zero-order valence-corrected chi connectivity index (χ0v) is 23.4. The van der Waals surface area contributed by atoms with Crippen LogP contribution >= 0.6 is 34.8 Å². The number of nitrogens with one attached hydrogen (secondary N) is 1. The quantitative estimate of drug-likeness (QED) is 0.417. The van der Waals surface area contributed by atoms with E-state index in [-0.39, 0.29) is 39.1 Å². The molecule has 0 aromatic heterocycles. The van der Waals surface area contributed by atoms with Crippen LogP contribution in [-0.4, -0.2) is 50.5 Å². The maximum atomic E-state index is 13.6. The maximum absolute atomic E-state index is 13.6. The lowest BCUT2D eigenvalue weighted by Crippen LogP contribution is -2.51. The summed E-state index contributed by atoms with van der Waals surface area (Å²) in [5.74, 6) is -0.684. The first-order valence-electron chi connectivity index (χ1n) is 11.0. The van der Waals surface area contributed by atoms with Crippen molar-refractivity contribution >= 4 is 62.3 Å². The fourth-order valence-electron chi connectivity index (χ4n) is 3.30. The fourth-order valence-corrected chi connectivity index (χ4v) is 4.85. The molecule has 192 valence electrons. The monoisotopic (exact) mass is 561 g/mol. The average molecular weight is 563 g/mol. The van der Waals surface area contributed by atoms with Crippen LogP contribution in [-0.2, 0) is 26.2 Å². The third-order valence-electron chi connectivity index (χ3n) is 5.39. The maximum Gasteiger partial charge on any atom is 0.244 e. The second-order valence-corrected chi connectivity index (χ2v) is 11.9. The molecule has 0 spiro atoms. The van der Waals surface area contributed by atoms with E-state index in [1.165, 1.54) is 17.0 Å². The van der Waals surface area contributed by atoms with Crippen LogP contribution in [0, 0.1) is 12.8 Å². The van der Waals surface area contributed by atoms with Crippen molar-refractivity contribution in [3.8, 4) is 0 Å². The number of carbonyl (C=O) groups excluding carboxylic acids is 2. The number of hydrogen-bond acceptors (Lipinski definition) is 4. The molecule has 1 atom stereocenters. The van der Waals surface area contributed by atoms with Gasteiger partial charge in [0.05, 0.1) is 27.0 Å². The molecule has 2 aromatic rings. The Morgan fingerprint density at radius 3 is 2.17 bits per heavy atom. The molecule has 0 aliphatic carbocycles. The number of benzene rings is 2. The summed E-state index contributed by atoms with van der Waals surface area (Å²) in [6.07, 6.45) is 0.962. The Hall–Kier alpha value is -2.00. The van der Waals surface area contributed by atoms with Crippen molar-refractivity contribution in [3.05, 3.63) is 62.6 Å². The largest absolute Gasteiger partial charge is 0.354 e. The van der Waals surface area contributed by atoms with Gasteiger partial charge in [-0.15, -0.1) is 0 Å². The Morgan fingerprint density at radius 1 is 1.00 bits per heavy atom. The highest BCUT2D eigenvalue weighted by atomic mass is 35.5. The number of aryl methyl sites for hydroxylation is 1. The molecule has 0 fully saturated rings. The number of hydrogen-bond donors (Lipinski definition) is 1. The van der Waals surface area contributed by atoms with Crippen LogP contribution in [0.4, 0.5) is 5.69 Å². The normalized spacial score (nSPS) is 12.4. The van der Waals surface area contributed by atoms with Gasteiger partial charge in [0, 0.05) is 13.1 Å². The molecule has 1 unspecified atom stereocenters. The van der Waals surface area contributed by atoms with Crippen LogP contribution in [0.5, 0.6) is 0 Å². The van der Waals surface area contributed by atoms with Gasteiger partial charge < -0.3 is 10.2 Å². The number of rotatable bonds is 10. The highest BCUT2D eigenvalue weighted by Gasteiger charge is 2.31. The predicted octanol–water partition coefficient (Wildman–Crippen LogP) is 4.91. The minimum Gasteiger partial charge on any atom is -0.354 e. The molecule has 0 radical (unpaired) electrons. The zero-order chi connectivity index (χ0) is 26.5. The number of anilines is 1. The van der Waals surface area contributed by atoms with Gasteiger partial charge in [0.15, 0.2) is 0 Å². The standard InChI is InChI=1S/C24H30Cl3N3O4S/c1-15(2)12-28-24(32)17(4)29(13-18-9-7-6-8-16(18)3)23(31)14-30(35(5,33)34)22-11-20(26)19(25)10-21(22)27/h6-11,15,17H,12-14H2,1-5H3,(H,28,32). The Bertz CT molecular complexity index is 1190. The summed E-state index contributed by atoms with van der Waals surface area (Å²) in [5, 5.41) is 3.10. The fraction of sp³-hybridized carbons (Fsp3) is 0.417. The van der Waals surface area contributed by atoms with Gasteiger partial charge in [-0.3, -0.25) is 13.9 Å². The van der Waals surface area contributed by atoms with Crippen molar-refractivity contribution in [3.63, 3.8) is 0 Å². The molecule has 7 nitrogen and oxygen atoms in total. The van der Waals surface area contributed by atoms with Crippen molar-refractivity contribution in [2.75, 3.05) is 23.7 Å². The molecule has 0 saturated carbocycles. The molecule has 0 heterocycles. The number of amides is 2. The highest BCUT2D eigenvalue weighted by molar-refractivity contribution is 7.92. The molecular formula is C24H30Cl3N3O4S. The molecule has 2 rings (SSSR count). The summed E-state index contributed by atoms with van der Waals surface area (Å²) in [7, 11) is -3.95. The van der Waals surface area contributed by atoms with E-state index >= 15 is 0 Å². The minimum absolute atomic E-state index is 0.0182. The molecule has 35 heavy (non-hydrogen) atoms. The van der Waals surface area contributed by atoms with E-state index in [4.69, 9.17) is 34.8 Å². The third-order valence-corrected chi connectivity index (χ3v) is 7.54. The van der Waals surface area contributed by atoms with Crippen molar-refractivity contribution in [1.29, 1.82) is 0 Å². The van der Waals surface area contributed by atoms with Gasteiger partial charge in [-0.05, 0) is 43.0 Å². The van der Waals surface area contributed by atoms with E-state index in [0.717, 1.165) is 21.7 Å². The third kappa shape index (κ3) is 8.00.